The minimum atomic E-state index is -1.19. The van der Waals surface area contributed by atoms with Crippen LogP contribution >= 0.6 is 0 Å². The van der Waals surface area contributed by atoms with Crippen LogP contribution < -0.4 is 10.6 Å². The molecule has 4 aliphatic heterocycles. The van der Waals surface area contributed by atoms with Gasteiger partial charge in [0.1, 0.15) is 6.17 Å². The molecule has 9 nitrogen and oxygen atoms in total. The quantitative estimate of drug-likeness (QED) is 0.307. The number of carbonyl (C=O) groups is 2. The maximum absolute atomic E-state index is 16.1. The molecule has 240 valence electrons. The Morgan fingerprint density at radius 1 is 0.930 bits per heavy atom. The largest absolute Gasteiger partial charge is 0.379 e. The lowest BCUT2D eigenvalue weighted by Gasteiger charge is -2.62. The molecule has 9 unspecified atom stereocenters. The molecule has 3 aliphatic carbocycles. The average molecular weight is 602 g/mol. The van der Waals surface area contributed by atoms with Gasteiger partial charge < -0.3 is 29.9 Å². The number of morpholine rings is 2. The minimum absolute atomic E-state index is 0.00753. The van der Waals surface area contributed by atoms with Crippen LogP contribution in [0.5, 0.6) is 0 Å². The Hall–Kier alpha value is -1.59. The summed E-state index contributed by atoms with van der Waals surface area (Å²) in [6.07, 6.45) is 10.9. The standard InChI is InChI=1S/C33H52FN5O4/c34-26-20-24-30-32(28(26)35-10-5-14-38-16-18-42-19-17-38)43-27-9-8-22-6-1-2-7-23(22)29(27)39(30)21-25(31(24)40)33(41)36-11-15-37-12-3-4-13-37/h21-24,26-30,32,35H,1-20H2,(H,36,41). The van der Waals surface area contributed by atoms with Gasteiger partial charge in [0.15, 0.2) is 5.78 Å². The highest BCUT2D eigenvalue weighted by Crippen LogP contribution is 2.51. The van der Waals surface area contributed by atoms with Gasteiger partial charge in [0, 0.05) is 38.3 Å². The van der Waals surface area contributed by atoms with E-state index in [1.807, 2.05) is 6.20 Å². The van der Waals surface area contributed by atoms with E-state index >= 15 is 4.39 Å². The number of ketones is 1. The van der Waals surface area contributed by atoms with Crippen LogP contribution in [0.15, 0.2) is 11.8 Å². The number of rotatable bonds is 9. The van der Waals surface area contributed by atoms with Gasteiger partial charge in [0.05, 0.1) is 49.1 Å². The molecule has 7 rings (SSSR count). The third-order valence-corrected chi connectivity index (χ3v) is 11.8. The van der Waals surface area contributed by atoms with Gasteiger partial charge in [0.2, 0.25) is 0 Å². The van der Waals surface area contributed by atoms with Crippen molar-refractivity contribution >= 4 is 11.7 Å². The van der Waals surface area contributed by atoms with E-state index in [1.54, 1.807) is 0 Å². The molecule has 7 aliphatic rings. The van der Waals surface area contributed by atoms with E-state index in [9.17, 15) is 9.59 Å². The van der Waals surface area contributed by atoms with Crippen LogP contribution in [0.1, 0.15) is 64.2 Å². The molecule has 43 heavy (non-hydrogen) atoms. The molecule has 0 aromatic heterocycles. The number of alkyl halides is 1. The first-order valence-electron chi connectivity index (χ1n) is 17.5. The third kappa shape index (κ3) is 6.16. The molecule has 4 heterocycles. The number of halogens is 1. The summed E-state index contributed by atoms with van der Waals surface area (Å²) in [5.74, 6) is 0.124. The number of amides is 1. The summed E-state index contributed by atoms with van der Waals surface area (Å²) in [7, 11) is 0. The zero-order chi connectivity index (χ0) is 29.3. The van der Waals surface area contributed by atoms with E-state index in [2.05, 4.69) is 25.3 Å². The summed E-state index contributed by atoms with van der Waals surface area (Å²) in [6.45, 7) is 8.62. The summed E-state index contributed by atoms with van der Waals surface area (Å²) in [5, 5.41) is 6.60. The maximum Gasteiger partial charge on any atom is 0.256 e. The van der Waals surface area contributed by atoms with Gasteiger partial charge in [-0.3, -0.25) is 14.5 Å². The van der Waals surface area contributed by atoms with E-state index in [0.29, 0.717) is 24.9 Å². The predicted octanol–water partition coefficient (Wildman–Crippen LogP) is 2.11. The first-order chi connectivity index (χ1) is 21.1. The van der Waals surface area contributed by atoms with Crippen molar-refractivity contribution in [3.63, 3.8) is 0 Å². The highest BCUT2D eigenvalue weighted by molar-refractivity contribution is 6.20. The van der Waals surface area contributed by atoms with E-state index in [1.165, 1.54) is 38.5 Å². The predicted molar refractivity (Wildman–Crippen MR) is 161 cm³/mol. The van der Waals surface area contributed by atoms with Gasteiger partial charge in [-0.15, -0.1) is 0 Å². The normalized spacial score (nSPS) is 39.9. The second-order valence-corrected chi connectivity index (χ2v) is 14.2. The molecule has 0 aromatic rings. The van der Waals surface area contributed by atoms with Gasteiger partial charge in [-0.2, -0.15) is 0 Å². The second-order valence-electron chi connectivity index (χ2n) is 14.2. The summed E-state index contributed by atoms with van der Waals surface area (Å²) in [6, 6.07) is -0.517. The average Bonchev–Trinajstić information content (AvgIpc) is 3.55. The van der Waals surface area contributed by atoms with Crippen LogP contribution in [-0.4, -0.2) is 128 Å². The van der Waals surface area contributed by atoms with E-state index in [-0.39, 0.29) is 41.9 Å². The molecule has 0 spiro atoms. The Morgan fingerprint density at radius 2 is 1.72 bits per heavy atom. The van der Waals surface area contributed by atoms with Crippen molar-refractivity contribution in [1.29, 1.82) is 0 Å². The highest BCUT2D eigenvalue weighted by Gasteiger charge is 2.60. The van der Waals surface area contributed by atoms with Crippen molar-refractivity contribution in [2.45, 2.75) is 101 Å². The molecule has 3 saturated heterocycles. The lowest BCUT2D eigenvalue weighted by atomic mass is 9.63. The van der Waals surface area contributed by atoms with Gasteiger partial charge in [0.25, 0.3) is 5.91 Å². The number of nitrogens with zero attached hydrogens (tertiary/aromatic N) is 3. The monoisotopic (exact) mass is 601 g/mol. The number of likely N-dealkylation sites (tertiary alicyclic amines) is 1. The summed E-state index contributed by atoms with van der Waals surface area (Å²) in [4.78, 5) is 34.6. The van der Waals surface area contributed by atoms with Crippen LogP contribution in [0.25, 0.3) is 0 Å². The Morgan fingerprint density at radius 3 is 2.56 bits per heavy atom. The first kappa shape index (κ1) is 30.1. The second kappa shape index (κ2) is 13.4. The third-order valence-electron chi connectivity index (χ3n) is 11.8. The van der Waals surface area contributed by atoms with Gasteiger partial charge in [-0.05, 0) is 83.0 Å². The number of hydrogen-bond donors (Lipinski definition) is 2. The van der Waals surface area contributed by atoms with Gasteiger partial charge in [-0.25, -0.2) is 4.39 Å². The molecular formula is C33H52FN5O4. The van der Waals surface area contributed by atoms with Gasteiger partial charge in [-0.1, -0.05) is 19.3 Å². The lowest BCUT2D eigenvalue weighted by Crippen LogP contribution is -2.74. The van der Waals surface area contributed by atoms with Crippen molar-refractivity contribution in [3.8, 4) is 0 Å². The molecule has 0 radical (unpaired) electrons. The Kier molecular flexibility index (Phi) is 9.38. The molecule has 6 fully saturated rings. The fourth-order valence-electron chi connectivity index (χ4n) is 9.64. The first-order valence-corrected chi connectivity index (χ1v) is 17.5. The van der Waals surface area contributed by atoms with E-state index in [0.717, 1.165) is 71.7 Å². The molecule has 9 atom stereocenters. The lowest BCUT2D eigenvalue weighted by molar-refractivity contribution is -0.215. The van der Waals surface area contributed by atoms with Crippen molar-refractivity contribution in [2.75, 3.05) is 65.6 Å². The van der Waals surface area contributed by atoms with Crippen LogP contribution in [0.2, 0.25) is 0 Å². The fourth-order valence-corrected chi connectivity index (χ4v) is 9.64. The zero-order valence-electron chi connectivity index (χ0n) is 25.8. The highest BCUT2D eigenvalue weighted by atomic mass is 19.1. The van der Waals surface area contributed by atoms with Crippen LogP contribution in [0, 0.1) is 17.8 Å². The van der Waals surface area contributed by atoms with Crippen molar-refractivity contribution < 1.29 is 23.5 Å². The fraction of sp³-hybridized carbons (Fsp3) is 0.879. The minimum Gasteiger partial charge on any atom is -0.379 e. The Labute approximate surface area is 256 Å². The summed E-state index contributed by atoms with van der Waals surface area (Å²) >= 11 is 0. The van der Waals surface area contributed by atoms with Crippen molar-refractivity contribution in [1.82, 2.24) is 25.3 Å². The van der Waals surface area contributed by atoms with Crippen LogP contribution in [0.3, 0.4) is 0 Å². The number of fused-ring (bicyclic) bond motifs is 4. The van der Waals surface area contributed by atoms with Crippen LogP contribution in [0.4, 0.5) is 4.39 Å². The molecule has 3 saturated carbocycles. The van der Waals surface area contributed by atoms with E-state index in [4.69, 9.17) is 9.47 Å². The SMILES string of the molecule is O=C(NCCN1CCCC1)C1=CN2C3C(CCC4CCCCC43)OC3C(NCCCN4CCOCC4)C(F)CC(C1=O)C32. The topological polar surface area (TPSA) is 86.4 Å². The number of nitrogens with one attached hydrogen (secondary N) is 2. The van der Waals surface area contributed by atoms with Crippen molar-refractivity contribution in [3.05, 3.63) is 11.8 Å². The summed E-state index contributed by atoms with van der Waals surface area (Å²) in [5.41, 5.74) is 0.226. The molecule has 0 bridgehead atoms. The Bertz CT molecular complexity index is 1030. The van der Waals surface area contributed by atoms with Crippen molar-refractivity contribution in [2.24, 2.45) is 17.8 Å². The van der Waals surface area contributed by atoms with E-state index < -0.39 is 24.2 Å². The number of carbonyl (C=O) groups excluding carboxylic acids is 2. The maximum atomic E-state index is 16.1. The molecule has 10 heteroatoms. The summed E-state index contributed by atoms with van der Waals surface area (Å²) < 4.78 is 28.5. The number of hydrogen-bond acceptors (Lipinski definition) is 8. The zero-order valence-corrected chi connectivity index (χ0v) is 25.8. The number of Topliss-reactive ketones (excluding diaryl/α,β-unsaturated/α-hetero) is 1. The molecule has 0 aromatic carbocycles. The molecule has 1 amide bonds. The Balaban J connectivity index is 1.10. The van der Waals surface area contributed by atoms with Gasteiger partial charge >= 0.3 is 0 Å². The number of ether oxygens (including phenoxy) is 2. The smallest absolute Gasteiger partial charge is 0.256 e. The van der Waals surface area contributed by atoms with Crippen LogP contribution in [-0.2, 0) is 19.1 Å². The molecular weight excluding hydrogens is 549 g/mol. The molecule has 2 N–H and O–H groups in total.